The first-order valence-corrected chi connectivity index (χ1v) is 5.79. The summed E-state index contributed by atoms with van der Waals surface area (Å²) in [5.41, 5.74) is 0. The number of carbonyl (C=O) groups is 1. The Morgan fingerprint density at radius 3 is 2.94 bits per heavy atom. The Kier molecular flexibility index (Phi) is 3.72. The Morgan fingerprint density at radius 1 is 1.39 bits per heavy atom. The number of aromatic nitrogens is 2. The number of benzene rings is 1. The van der Waals surface area contributed by atoms with Crippen LogP contribution in [-0.4, -0.2) is 36.4 Å². The standard InChI is InChI=1S/C13H15N3O2/c1-3-18-12(17)9-16(2)13-11-7-5-4-6-10(11)8-14-15-13/h4-8H,3,9H2,1-2H3. The van der Waals surface area contributed by atoms with Crippen LogP contribution in [0.3, 0.4) is 0 Å². The third-order valence-corrected chi connectivity index (χ3v) is 2.58. The summed E-state index contributed by atoms with van der Waals surface area (Å²) in [4.78, 5) is 13.2. The van der Waals surface area contributed by atoms with Crippen molar-refractivity contribution in [1.82, 2.24) is 10.2 Å². The molecule has 0 aliphatic heterocycles. The molecule has 0 spiro atoms. The van der Waals surface area contributed by atoms with Gasteiger partial charge in [-0.1, -0.05) is 24.3 Å². The molecular weight excluding hydrogens is 230 g/mol. The average Bonchev–Trinajstić information content (AvgIpc) is 2.38. The van der Waals surface area contributed by atoms with Gasteiger partial charge in [0, 0.05) is 17.8 Å². The monoisotopic (exact) mass is 245 g/mol. The number of anilines is 1. The number of nitrogens with zero attached hydrogens (tertiary/aromatic N) is 3. The molecule has 5 nitrogen and oxygen atoms in total. The Bertz CT molecular complexity index is 551. The minimum Gasteiger partial charge on any atom is -0.465 e. The van der Waals surface area contributed by atoms with E-state index in [9.17, 15) is 4.79 Å². The van der Waals surface area contributed by atoms with Crippen LogP contribution in [0.5, 0.6) is 0 Å². The first-order valence-electron chi connectivity index (χ1n) is 5.79. The number of esters is 1. The van der Waals surface area contributed by atoms with E-state index in [1.807, 2.05) is 24.3 Å². The lowest BCUT2D eigenvalue weighted by atomic mass is 10.2. The van der Waals surface area contributed by atoms with Gasteiger partial charge in [0.1, 0.15) is 6.54 Å². The summed E-state index contributed by atoms with van der Waals surface area (Å²) in [5, 5.41) is 10.0. The van der Waals surface area contributed by atoms with Crippen molar-refractivity contribution in [3.63, 3.8) is 0 Å². The van der Waals surface area contributed by atoms with Gasteiger partial charge in [0.05, 0.1) is 12.8 Å². The van der Waals surface area contributed by atoms with Crippen molar-refractivity contribution in [3.8, 4) is 0 Å². The molecule has 0 fully saturated rings. The molecule has 0 saturated heterocycles. The lowest BCUT2D eigenvalue weighted by Gasteiger charge is -2.17. The number of rotatable bonds is 4. The third-order valence-electron chi connectivity index (χ3n) is 2.58. The fraction of sp³-hybridized carbons (Fsp3) is 0.308. The molecule has 18 heavy (non-hydrogen) atoms. The van der Waals surface area contributed by atoms with Crippen LogP contribution >= 0.6 is 0 Å². The van der Waals surface area contributed by atoms with Gasteiger partial charge >= 0.3 is 5.97 Å². The van der Waals surface area contributed by atoms with E-state index in [0.29, 0.717) is 12.4 Å². The molecule has 0 aliphatic rings. The highest BCUT2D eigenvalue weighted by atomic mass is 16.5. The van der Waals surface area contributed by atoms with Crippen LogP contribution in [0.1, 0.15) is 6.92 Å². The maximum absolute atomic E-state index is 11.5. The van der Waals surface area contributed by atoms with Crippen LogP contribution in [0.25, 0.3) is 10.8 Å². The summed E-state index contributed by atoms with van der Waals surface area (Å²) in [6, 6.07) is 7.80. The first kappa shape index (κ1) is 12.3. The molecule has 1 heterocycles. The SMILES string of the molecule is CCOC(=O)CN(C)c1nncc2ccccc12. The fourth-order valence-corrected chi connectivity index (χ4v) is 1.77. The van der Waals surface area contributed by atoms with Crippen molar-refractivity contribution in [2.24, 2.45) is 0 Å². The van der Waals surface area contributed by atoms with Gasteiger partial charge in [0.15, 0.2) is 5.82 Å². The highest BCUT2D eigenvalue weighted by Crippen LogP contribution is 2.21. The molecule has 0 radical (unpaired) electrons. The number of ether oxygens (including phenoxy) is 1. The Hall–Kier alpha value is -2.17. The van der Waals surface area contributed by atoms with E-state index in [1.165, 1.54) is 0 Å². The molecule has 5 heteroatoms. The van der Waals surface area contributed by atoms with Gasteiger partial charge in [-0.2, -0.15) is 5.10 Å². The van der Waals surface area contributed by atoms with Crippen LogP contribution in [0.4, 0.5) is 5.82 Å². The molecular formula is C13H15N3O2. The topological polar surface area (TPSA) is 55.3 Å². The van der Waals surface area contributed by atoms with Crippen molar-refractivity contribution in [2.75, 3.05) is 25.1 Å². The van der Waals surface area contributed by atoms with E-state index in [0.717, 1.165) is 10.8 Å². The Morgan fingerprint density at radius 2 is 2.17 bits per heavy atom. The van der Waals surface area contributed by atoms with Gasteiger partial charge in [0.2, 0.25) is 0 Å². The predicted octanol–water partition coefficient (Wildman–Crippen LogP) is 1.63. The first-order chi connectivity index (χ1) is 8.72. The third kappa shape index (κ3) is 2.56. The van der Waals surface area contributed by atoms with Gasteiger partial charge in [-0.05, 0) is 6.92 Å². The molecule has 0 saturated carbocycles. The summed E-state index contributed by atoms with van der Waals surface area (Å²) in [6.07, 6.45) is 1.71. The predicted molar refractivity (Wildman–Crippen MR) is 69.4 cm³/mol. The second-order valence-corrected chi connectivity index (χ2v) is 3.92. The van der Waals surface area contributed by atoms with Gasteiger partial charge in [-0.15, -0.1) is 5.10 Å². The van der Waals surface area contributed by atoms with E-state index < -0.39 is 0 Å². The number of hydrogen-bond donors (Lipinski definition) is 0. The number of hydrogen-bond acceptors (Lipinski definition) is 5. The molecule has 0 aliphatic carbocycles. The van der Waals surface area contributed by atoms with E-state index >= 15 is 0 Å². The molecule has 1 aromatic heterocycles. The largest absolute Gasteiger partial charge is 0.465 e. The molecule has 2 rings (SSSR count). The highest BCUT2D eigenvalue weighted by molar-refractivity contribution is 5.92. The van der Waals surface area contributed by atoms with Crippen molar-refractivity contribution in [2.45, 2.75) is 6.92 Å². The zero-order valence-corrected chi connectivity index (χ0v) is 10.5. The lowest BCUT2D eigenvalue weighted by molar-refractivity contribution is -0.141. The van der Waals surface area contributed by atoms with E-state index in [-0.39, 0.29) is 12.5 Å². The molecule has 2 aromatic rings. The molecule has 94 valence electrons. The molecule has 0 N–H and O–H groups in total. The lowest BCUT2D eigenvalue weighted by Crippen LogP contribution is -2.28. The van der Waals surface area contributed by atoms with Crippen LogP contribution in [-0.2, 0) is 9.53 Å². The average molecular weight is 245 g/mol. The Labute approximate surface area is 105 Å². The van der Waals surface area contributed by atoms with Crippen LogP contribution in [0.15, 0.2) is 30.5 Å². The van der Waals surface area contributed by atoms with Crippen LogP contribution in [0.2, 0.25) is 0 Å². The fourth-order valence-electron chi connectivity index (χ4n) is 1.77. The summed E-state index contributed by atoms with van der Waals surface area (Å²) >= 11 is 0. The highest BCUT2D eigenvalue weighted by Gasteiger charge is 2.12. The normalized spacial score (nSPS) is 10.3. The quantitative estimate of drug-likeness (QED) is 0.766. The van der Waals surface area contributed by atoms with E-state index in [1.54, 1.807) is 25.1 Å². The van der Waals surface area contributed by atoms with Crippen molar-refractivity contribution >= 4 is 22.6 Å². The molecule has 0 unspecified atom stereocenters. The molecule has 0 atom stereocenters. The second-order valence-electron chi connectivity index (χ2n) is 3.92. The van der Waals surface area contributed by atoms with Crippen LogP contribution < -0.4 is 4.90 Å². The van der Waals surface area contributed by atoms with Gasteiger partial charge in [-0.25, -0.2) is 0 Å². The van der Waals surface area contributed by atoms with Crippen molar-refractivity contribution < 1.29 is 9.53 Å². The zero-order chi connectivity index (χ0) is 13.0. The second kappa shape index (κ2) is 5.44. The molecule has 0 amide bonds. The van der Waals surface area contributed by atoms with Crippen LogP contribution in [0, 0.1) is 0 Å². The minimum atomic E-state index is -0.269. The number of carbonyl (C=O) groups excluding carboxylic acids is 1. The van der Waals surface area contributed by atoms with Gasteiger partial charge in [-0.3, -0.25) is 4.79 Å². The maximum atomic E-state index is 11.5. The van der Waals surface area contributed by atoms with Gasteiger partial charge < -0.3 is 9.64 Å². The molecule has 0 bridgehead atoms. The summed E-state index contributed by atoms with van der Waals surface area (Å²) < 4.78 is 4.92. The number of likely N-dealkylation sites (N-methyl/N-ethyl adjacent to an activating group) is 1. The number of fused-ring (bicyclic) bond motifs is 1. The van der Waals surface area contributed by atoms with E-state index in [2.05, 4.69) is 10.2 Å². The Balaban J connectivity index is 2.27. The van der Waals surface area contributed by atoms with Crippen molar-refractivity contribution in [1.29, 1.82) is 0 Å². The van der Waals surface area contributed by atoms with Crippen molar-refractivity contribution in [3.05, 3.63) is 30.5 Å². The maximum Gasteiger partial charge on any atom is 0.325 e. The smallest absolute Gasteiger partial charge is 0.325 e. The molecule has 1 aromatic carbocycles. The van der Waals surface area contributed by atoms with E-state index in [4.69, 9.17) is 4.74 Å². The van der Waals surface area contributed by atoms with Gasteiger partial charge in [0.25, 0.3) is 0 Å². The zero-order valence-electron chi connectivity index (χ0n) is 10.5. The summed E-state index contributed by atoms with van der Waals surface area (Å²) in [6.45, 7) is 2.33. The summed E-state index contributed by atoms with van der Waals surface area (Å²) in [5.74, 6) is 0.413. The summed E-state index contributed by atoms with van der Waals surface area (Å²) in [7, 11) is 1.80. The minimum absolute atomic E-state index is 0.163.